The van der Waals surface area contributed by atoms with Crippen molar-refractivity contribution >= 4 is 29.5 Å². The molecule has 0 saturated carbocycles. The van der Waals surface area contributed by atoms with Crippen molar-refractivity contribution in [1.29, 1.82) is 0 Å². The highest BCUT2D eigenvalue weighted by atomic mass is 35.5. The third kappa shape index (κ3) is 3.25. The number of piperazine rings is 1. The minimum absolute atomic E-state index is 0.223. The number of nitrogens with zero attached hydrogens (tertiary/aromatic N) is 3. The van der Waals surface area contributed by atoms with E-state index in [9.17, 15) is 4.79 Å². The molecule has 0 aromatic heterocycles. The number of hydrogen-bond acceptors (Lipinski definition) is 4. The second-order valence-electron chi connectivity index (χ2n) is 5.27. The molecule has 1 aromatic rings. The fraction of sp³-hybridized carbons (Fsp3) is 0.333. The number of carbonyl (C=O) groups is 1. The molecule has 0 aliphatic carbocycles. The van der Waals surface area contributed by atoms with Gasteiger partial charge >= 0.3 is 0 Å². The zero-order valence-electron chi connectivity index (χ0n) is 11.8. The summed E-state index contributed by atoms with van der Waals surface area (Å²) in [4.78, 5) is 20.5. The third-order valence-corrected chi connectivity index (χ3v) is 3.92. The van der Waals surface area contributed by atoms with Crippen molar-refractivity contribution in [3.63, 3.8) is 0 Å². The van der Waals surface area contributed by atoms with Crippen molar-refractivity contribution in [1.82, 2.24) is 15.1 Å². The smallest absolute Gasteiger partial charge is 0.296 e. The van der Waals surface area contributed by atoms with Crippen molar-refractivity contribution in [2.24, 2.45) is 4.99 Å². The number of amides is 1. The van der Waals surface area contributed by atoms with Gasteiger partial charge in [-0.25, -0.2) is 0 Å². The maximum absolute atomic E-state index is 12.0. The standard InChI is InChI=1S/C15H17ClN4O/c1-19-6-8-20(9-7-19)15-17-13(14(21)18-15)10-11-2-4-12(16)5-3-11/h2-5,10H,6-9H2,1H3,(H,17,18,21)/b13-10-. The second kappa shape index (κ2) is 5.87. The molecule has 6 heteroatoms. The molecule has 2 heterocycles. The molecule has 21 heavy (non-hydrogen) atoms. The number of benzene rings is 1. The lowest BCUT2D eigenvalue weighted by atomic mass is 10.2. The summed E-state index contributed by atoms with van der Waals surface area (Å²) in [5.41, 5.74) is 1.43. The van der Waals surface area contributed by atoms with Gasteiger partial charge in [-0.2, -0.15) is 4.99 Å². The van der Waals surface area contributed by atoms with Crippen LogP contribution >= 0.6 is 11.6 Å². The molecule has 0 unspecified atom stereocenters. The quantitative estimate of drug-likeness (QED) is 0.797. The molecule has 1 amide bonds. The lowest BCUT2D eigenvalue weighted by Gasteiger charge is -2.33. The van der Waals surface area contributed by atoms with E-state index in [1.54, 1.807) is 18.2 Å². The van der Waals surface area contributed by atoms with Crippen LogP contribution in [0.3, 0.4) is 0 Å². The Morgan fingerprint density at radius 1 is 1.19 bits per heavy atom. The van der Waals surface area contributed by atoms with Crippen LogP contribution < -0.4 is 5.32 Å². The van der Waals surface area contributed by atoms with E-state index in [4.69, 9.17) is 11.6 Å². The van der Waals surface area contributed by atoms with Crippen LogP contribution in [0.15, 0.2) is 35.0 Å². The van der Waals surface area contributed by atoms with Crippen LogP contribution in [-0.2, 0) is 4.79 Å². The molecular formula is C15H17ClN4O. The van der Waals surface area contributed by atoms with E-state index in [1.807, 2.05) is 12.1 Å². The van der Waals surface area contributed by atoms with Gasteiger partial charge in [0.15, 0.2) is 0 Å². The molecule has 2 aliphatic rings. The lowest BCUT2D eigenvalue weighted by molar-refractivity contribution is -0.114. The normalized spacial score (nSPS) is 21.6. The van der Waals surface area contributed by atoms with E-state index in [0.717, 1.165) is 31.7 Å². The predicted octanol–water partition coefficient (Wildman–Crippen LogP) is 1.41. The maximum atomic E-state index is 12.0. The number of carbonyl (C=O) groups excluding carboxylic acids is 1. The molecule has 2 aliphatic heterocycles. The Morgan fingerprint density at radius 3 is 2.52 bits per heavy atom. The number of halogens is 1. The Kier molecular flexibility index (Phi) is 3.94. The first-order valence-corrected chi connectivity index (χ1v) is 7.30. The zero-order chi connectivity index (χ0) is 14.8. The lowest BCUT2D eigenvalue weighted by Crippen LogP contribution is -2.49. The van der Waals surface area contributed by atoms with Crippen molar-refractivity contribution in [3.05, 3.63) is 40.5 Å². The molecule has 5 nitrogen and oxygen atoms in total. The monoisotopic (exact) mass is 304 g/mol. The van der Waals surface area contributed by atoms with Crippen LogP contribution in [0, 0.1) is 0 Å². The summed E-state index contributed by atoms with van der Waals surface area (Å²) in [6.07, 6.45) is 1.80. The summed E-state index contributed by atoms with van der Waals surface area (Å²) >= 11 is 5.86. The molecule has 1 fully saturated rings. The van der Waals surface area contributed by atoms with Gasteiger partial charge in [0.05, 0.1) is 0 Å². The van der Waals surface area contributed by atoms with Crippen LogP contribution in [-0.4, -0.2) is 54.9 Å². The van der Waals surface area contributed by atoms with E-state index >= 15 is 0 Å². The second-order valence-corrected chi connectivity index (χ2v) is 5.70. The summed E-state index contributed by atoms with van der Waals surface area (Å²) in [7, 11) is 2.10. The Bertz CT molecular complexity index is 601. The van der Waals surface area contributed by atoms with E-state index in [1.165, 1.54) is 0 Å². The summed E-state index contributed by atoms with van der Waals surface area (Å²) < 4.78 is 0. The highest BCUT2D eigenvalue weighted by Gasteiger charge is 2.26. The number of aliphatic imine (C=N–C) groups is 1. The van der Waals surface area contributed by atoms with Gasteiger partial charge in [-0.1, -0.05) is 23.7 Å². The third-order valence-electron chi connectivity index (χ3n) is 3.67. The van der Waals surface area contributed by atoms with Crippen LogP contribution in [0.1, 0.15) is 5.56 Å². The Hall–Kier alpha value is -1.85. The molecule has 3 rings (SSSR count). The molecule has 0 atom stereocenters. The van der Waals surface area contributed by atoms with Gasteiger partial charge < -0.3 is 15.1 Å². The van der Waals surface area contributed by atoms with E-state index in [-0.39, 0.29) is 5.91 Å². The molecule has 1 aromatic carbocycles. The Labute approximate surface area is 128 Å². The van der Waals surface area contributed by atoms with Crippen LogP contribution in [0.4, 0.5) is 0 Å². The van der Waals surface area contributed by atoms with Crippen LogP contribution in [0.25, 0.3) is 6.08 Å². The van der Waals surface area contributed by atoms with E-state index < -0.39 is 0 Å². The molecule has 0 radical (unpaired) electrons. The number of guanidine groups is 1. The predicted molar refractivity (Wildman–Crippen MR) is 84.1 cm³/mol. The summed E-state index contributed by atoms with van der Waals surface area (Å²) in [6.45, 7) is 3.71. The van der Waals surface area contributed by atoms with Crippen molar-refractivity contribution < 1.29 is 4.79 Å². The number of rotatable bonds is 1. The van der Waals surface area contributed by atoms with Crippen molar-refractivity contribution in [3.8, 4) is 0 Å². The number of hydrogen-bond donors (Lipinski definition) is 1. The zero-order valence-corrected chi connectivity index (χ0v) is 12.6. The van der Waals surface area contributed by atoms with Gasteiger partial charge in [0, 0.05) is 31.2 Å². The fourth-order valence-corrected chi connectivity index (χ4v) is 2.48. The molecule has 1 N–H and O–H groups in total. The van der Waals surface area contributed by atoms with Crippen LogP contribution in [0.5, 0.6) is 0 Å². The summed E-state index contributed by atoms with van der Waals surface area (Å²) in [5.74, 6) is 0.437. The van der Waals surface area contributed by atoms with E-state index in [0.29, 0.717) is 16.7 Å². The topological polar surface area (TPSA) is 47.9 Å². The SMILES string of the molecule is CN1CCN(C2=NC(=O)/C(=C/c3ccc(Cl)cc3)N2)CC1. The molecule has 110 valence electrons. The minimum Gasteiger partial charge on any atom is -0.340 e. The van der Waals surface area contributed by atoms with Gasteiger partial charge in [-0.3, -0.25) is 4.79 Å². The molecule has 1 saturated heterocycles. The van der Waals surface area contributed by atoms with Crippen molar-refractivity contribution in [2.75, 3.05) is 33.2 Å². The highest BCUT2D eigenvalue weighted by Crippen LogP contribution is 2.15. The number of nitrogens with one attached hydrogen (secondary N) is 1. The van der Waals surface area contributed by atoms with Crippen LogP contribution in [0.2, 0.25) is 5.02 Å². The van der Waals surface area contributed by atoms with Gasteiger partial charge in [-0.05, 0) is 30.8 Å². The first-order valence-electron chi connectivity index (χ1n) is 6.92. The first-order chi connectivity index (χ1) is 10.1. The Morgan fingerprint density at radius 2 is 1.86 bits per heavy atom. The fourth-order valence-electron chi connectivity index (χ4n) is 2.35. The summed E-state index contributed by atoms with van der Waals surface area (Å²) in [6, 6.07) is 7.35. The summed E-state index contributed by atoms with van der Waals surface area (Å²) in [5, 5.41) is 3.80. The van der Waals surface area contributed by atoms with Gasteiger partial charge in [0.2, 0.25) is 5.96 Å². The largest absolute Gasteiger partial charge is 0.340 e. The molecular weight excluding hydrogens is 288 g/mol. The number of likely N-dealkylation sites (N-methyl/N-ethyl adjacent to an activating group) is 1. The van der Waals surface area contributed by atoms with Gasteiger partial charge in [0.1, 0.15) is 5.70 Å². The first kappa shape index (κ1) is 14.1. The molecule has 0 spiro atoms. The average Bonchev–Trinajstić information content (AvgIpc) is 2.83. The molecule has 0 bridgehead atoms. The van der Waals surface area contributed by atoms with Crippen molar-refractivity contribution in [2.45, 2.75) is 0 Å². The van der Waals surface area contributed by atoms with Gasteiger partial charge in [-0.15, -0.1) is 0 Å². The maximum Gasteiger partial charge on any atom is 0.296 e. The minimum atomic E-state index is -0.223. The highest BCUT2D eigenvalue weighted by molar-refractivity contribution is 6.30. The average molecular weight is 305 g/mol. The van der Waals surface area contributed by atoms with Gasteiger partial charge in [0.25, 0.3) is 5.91 Å². The Balaban J connectivity index is 1.71. The van der Waals surface area contributed by atoms with E-state index in [2.05, 4.69) is 27.2 Å².